The van der Waals surface area contributed by atoms with Crippen molar-refractivity contribution in [2.45, 2.75) is 12.5 Å². The molecule has 1 unspecified atom stereocenters. The number of fused-ring (bicyclic) bond motifs is 1. The van der Waals surface area contributed by atoms with Crippen LogP contribution in [0.15, 0.2) is 36.4 Å². The lowest BCUT2D eigenvalue weighted by Gasteiger charge is -2.26. The Kier molecular flexibility index (Phi) is 2.72. The van der Waals surface area contributed by atoms with E-state index in [0.717, 1.165) is 17.3 Å². The number of nitrogens with one attached hydrogen (secondary N) is 1. The molecule has 0 spiro atoms. The van der Waals surface area contributed by atoms with Gasteiger partial charge in [0.15, 0.2) is 0 Å². The van der Waals surface area contributed by atoms with E-state index in [0.29, 0.717) is 6.04 Å². The zero-order valence-corrected chi connectivity index (χ0v) is 10.3. The predicted octanol–water partition coefficient (Wildman–Crippen LogP) is 3.64. The van der Waals surface area contributed by atoms with E-state index in [4.69, 9.17) is 11.6 Å². The number of hydrogen-bond donors (Lipinski definition) is 1. The Morgan fingerprint density at radius 1 is 1.19 bits per heavy atom. The smallest absolute Gasteiger partial charge is 0.0931 e. The summed E-state index contributed by atoms with van der Waals surface area (Å²) in [7, 11) is 0. The maximum Gasteiger partial charge on any atom is 0.0931 e. The van der Waals surface area contributed by atoms with Crippen molar-refractivity contribution >= 4 is 22.9 Å². The van der Waals surface area contributed by atoms with Gasteiger partial charge >= 0.3 is 0 Å². The fraction of sp³-hybridized carbons (Fsp3) is 0.231. The van der Waals surface area contributed by atoms with Crippen LogP contribution in [0.25, 0.3) is 0 Å². The van der Waals surface area contributed by atoms with Gasteiger partial charge in [0.1, 0.15) is 0 Å². The summed E-state index contributed by atoms with van der Waals surface area (Å²) in [6, 6.07) is 13.1. The summed E-state index contributed by atoms with van der Waals surface area (Å²) >= 11 is 7.66. The fourth-order valence-electron chi connectivity index (χ4n) is 2.24. The molecule has 0 bridgehead atoms. The van der Waals surface area contributed by atoms with Crippen LogP contribution in [0.2, 0.25) is 4.34 Å². The van der Waals surface area contributed by atoms with Gasteiger partial charge in [0, 0.05) is 11.4 Å². The Hall–Kier alpha value is -0.830. The molecule has 1 aliphatic rings. The average Bonchev–Trinajstić information content (AvgIpc) is 2.75. The molecular formula is C13H12ClNS. The summed E-state index contributed by atoms with van der Waals surface area (Å²) in [6.45, 7) is 1.04. The normalized spacial score (nSPS) is 19.4. The van der Waals surface area contributed by atoms with Crippen molar-refractivity contribution < 1.29 is 0 Å². The quantitative estimate of drug-likeness (QED) is 0.814. The molecule has 3 heteroatoms. The van der Waals surface area contributed by atoms with Crippen LogP contribution < -0.4 is 5.32 Å². The number of benzene rings is 1. The second-order valence-electron chi connectivity index (χ2n) is 3.98. The largest absolute Gasteiger partial charge is 0.305 e. The van der Waals surface area contributed by atoms with Gasteiger partial charge in [0.2, 0.25) is 0 Å². The zero-order valence-electron chi connectivity index (χ0n) is 8.74. The van der Waals surface area contributed by atoms with Crippen LogP contribution in [-0.4, -0.2) is 6.54 Å². The lowest BCUT2D eigenvalue weighted by molar-refractivity contribution is 0.575. The van der Waals surface area contributed by atoms with Crippen molar-refractivity contribution in [2.75, 3.05) is 6.54 Å². The van der Waals surface area contributed by atoms with Crippen LogP contribution in [-0.2, 0) is 6.42 Å². The van der Waals surface area contributed by atoms with Crippen molar-refractivity contribution in [3.63, 3.8) is 0 Å². The highest BCUT2D eigenvalue weighted by molar-refractivity contribution is 7.16. The highest BCUT2D eigenvalue weighted by Gasteiger charge is 2.21. The lowest BCUT2D eigenvalue weighted by atomic mass is 9.93. The first kappa shape index (κ1) is 10.3. The van der Waals surface area contributed by atoms with Gasteiger partial charge < -0.3 is 5.32 Å². The van der Waals surface area contributed by atoms with Crippen LogP contribution in [0.4, 0.5) is 0 Å². The van der Waals surface area contributed by atoms with Crippen molar-refractivity contribution in [3.05, 3.63) is 56.7 Å². The van der Waals surface area contributed by atoms with E-state index in [1.807, 2.05) is 6.07 Å². The standard InChI is InChI=1S/C13H12ClNS/c14-12-6-5-11(16-12)13-10-4-2-1-3-9(10)7-8-15-13/h1-6,13,15H,7-8H2. The maximum absolute atomic E-state index is 6.00. The van der Waals surface area contributed by atoms with E-state index in [9.17, 15) is 0 Å². The molecule has 2 heterocycles. The van der Waals surface area contributed by atoms with Crippen LogP contribution in [0, 0.1) is 0 Å². The molecule has 82 valence electrons. The molecule has 0 aliphatic carbocycles. The molecule has 1 nitrogen and oxygen atoms in total. The van der Waals surface area contributed by atoms with E-state index in [1.54, 1.807) is 11.3 Å². The number of halogens is 1. The van der Waals surface area contributed by atoms with Gasteiger partial charge in [-0.1, -0.05) is 35.9 Å². The van der Waals surface area contributed by atoms with Crippen molar-refractivity contribution in [3.8, 4) is 0 Å². The Bertz CT molecular complexity index is 506. The van der Waals surface area contributed by atoms with Crippen LogP contribution >= 0.6 is 22.9 Å². The SMILES string of the molecule is Clc1ccc(C2NCCc3ccccc32)s1. The molecule has 1 aliphatic heterocycles. The lowest BCUT2D eigenvalue weighted by Crippen LogP contribution is -2.29. The Morgan fingerprint density at radius 2 is 2.06 bits per heavy atom. The molecule has 0 saturated heterocycles. The summed E-state index contributed by atoms with van der Waals surface area (Å²) in [5.41, 5.74) is 2.85. The molecule has 1 aromatic heterocycles. The van der Waals surface area contributed by atoms with Gasteiger partial charge in [0.05, 0.1) is 10.4 Å². The molecule has 1 atom stereocenters. The molecule has 3 rings (SSSR count). The molecule has 1 aromatic carbocycles. The second kappa shape index (κ2) is 4.21. The Balaban J connectivity index is 2.04. The van der Waals surface area contributed by atoms with Crippen molar-refractivity contribution in [1.82, 2.24) is 5.32 Å². The maximum atomic E-state index is 6.00. The average molecular weight is 250 g/mol. The van der Waals surface area contributed by atoms with Gasteiger partial charge in [-0.05, 0) is 29.7 Å². The van der Waals surface area contributed by atoms with E-state index in [2.05, 4.69) is 35.6 Å². The second-order valence-corrected chi connectivity index (χ2v) is 5.72. The molecule has 0 fully saturated rings. The third-order valence-electron chi connectivity index (χ3n) is 2.99. The van der Waals surface area contributed by atoms with Crippen LogP contribution in [0.3, 0.4) is 0 Å². The minimum Gasteiger partial charge on any atom is -0.305 e. The minimum atomic E-state index is 0.322. The van der Waals surface area contributed by atoms with E-state index in [-0.39, 0.29) is 0 Å². The van der Waals surface area contributed by atoms with Crippen molar-refractivity contribution in [1.29, 1.82) is 0 Å². The van der Waals surface area contributed by atoms with E-state index < -0.39 is 0 Å². The molecule has 0 radical (unpaired) electrons. The highest BCUT2D eigenvalue weighted by atomic mass is 35.5. The zero-order chi connectivity index (χ0) is 11.0. The minimum absolute atomic E-state index is 0.322. The predicted molar refractivity (Wildman–Crippen MR) is 69.3 cm³/mol. The molecule has 0 saturated carbocycles. The Morgan fingerprint density at radius 3 is 2.88 bits per heavy atom. The van der Waals surface area contributed by atoms with E-state index in [1.165, 1.54) is 16.0 Å². The molecule has 16 heavy (non-hydrogen) atoms. The molecule has 1 N–H and O–H groups in total. The third kappa shape index (κ3) is 1.77. The van der Waals surface area contributed by atoms with Gasteiger partial charge in [-0.2, -0.15) is 0 Å². The molecular weight excluding hydrogens is 238 g/mol. The van der Waals surface area contributed by atoms with Gasteiger partial charge in [-0.25, -0.2) is 0 Å². The number of rotatable bonds is 1. The summed E-state index contributed by atoms with van der Waals surface area (Å²) < 4.78 is 0.861. The first-order valence-electron chi connectivity index (χ1n) is 5.41. The van der Waals surface area contributed by atoms with Crippen molar-refractivity contribution in [2.24, 2.45) is 0 Å². The van der Waals surface area contributed by atoms with E-state index >= 15 is 0 Å². The summed E-state index contributed by atoms with van der Waals surface area (Å²) in [6.07, 6.45) is 1.12. The highest BCUT2D eigenvalue weighted by Crippen LogP contribution is 2.34. The van der Waals surface area contributed by atoms with Gasteiger partial charge in [0.25, 0.3) is 0 Å². The summed E-state index contributed by atoms with van der Waals surface area (Å²) in [4.78, 5) is 1.30. The molecule has 2 aromatic rings. The third-order valence-corrected chi connectivity index (χ3v) is 4.28. The fourth-order valence-corrected chi connectivity index (χ4v) is 3.40. The summed E-state index contributed by atoms with van der Waals surface area (Å²) in [5, 5.41) is 3.56. The van der Waals surface area contributed by atoms with Crippen LogP contribution in [0.1, 0.15) is 22.0 Å². The number of thiophene rings is 1. The Labute approximate surface area is 104 Å². The van der Waals surface area contributed by atoms with Crippen LogP contribution in [0.5, 0.6) is 0 Å². The first-order valence-corrected chi connectivity index (χ1v) is 6.60. The van der Waals surface area contributed by atoms with Gasteiger partial charge in [-0.15, -0.1) is 11.3 Å². The topological polar surface area (TPSA) is 12.0 Å². The number of hydrogen-bond acceptors (Lipinski definition) is 2. The monoisotopic (exact) mass is 249 g/mol. The first-order chi connectivity index (χ1) is 7.84. The van der Waals surface area contributed by atoms with Gasteiger partial charge in [-0.3, -0.25) is 0 Å². The summed E-state index contributed by atoms with van der Waals surface area (Å²) in [5.74, 6) is 0. The molecule has 0 amide bonds.